The van der Waals surface area contributed by atoms with Gasteiger partial charge in [0.2, 0.25) is 0 Å². The van der Waals surface area contributed by atoms with Crippen molar-refractivity contribution in [2.45, 2.75) is 13.2 Å². The lowest BCUT2D eigenvalue weighted by molar-refractivity contribution is 0.0599. The molecule has 3 aromatic carbocycles. The van der Waals surface area contributed by atoms with E-state index in [0.717, 1.165) is 14.7 Å². The van der Waals surface area contributed by atoms with E-state index in [1.54, 1.807) is 12.1 Å². The summed E-state index contributed by atoms with van der Waals surface area (Å²) in [6, 6.07) is 23.1. The highest BCUT2D eigenvalue weighted by molar-refractivity contribution is 14.1. The highest BCUT2D eigenvalue weighted by Gasteiger charge is 2.16. The van der Waals surface area contributed by atoms with E-state index in [1.165, 1.54) is 7.11 Å². The second kappa shape index (κ2) is 9.41. The zero-order chi connectivity index (χ0) is 19.1. The smallest absolute Gasteiger partial charge is 0.338 e. The molecule has 3 rings (SSSR count). The Labute approximate surface area is 172 Å². The number of benzene rings is 3. The normalized spacial score (nSPS) is 10.3. The van der Waals surface area contributed by atoms with E-state index in [2.05, 4.69) is 22.6 Å². The Morgan fingerprint density at radius 3 is 1.67 bits per heavy atom. The molecule has 0 atom stereocenters. The van der Waals surface area contributed by atoms with E-state index in [9.17, 15) is 4.79 Å². The van der Waals surface area contributed by atoms with Gasteiger partial charge in [-0.05, 0) is 45.9 Å². The van der Waals surface area contributed by atoms with Gasteiger partial charge in [0, 0.05) is 0 Å². The molecular weight excluding hydrogens is 455 g/mol. The van der Waals surface area contributed by atoms with Crippen LogP contribution in [0.15, 0.2) is 72.8 Å². The number of carbonyl (C=O) groups excluding carboxylic acids is 1. The molecule has 0 saturated carbocycles. The molecule has 0 saturated heterocycles. The summed E-state index contributed by atoms with van der Waals surface area (Å²) >= 11 is 2.18. The fraction of sp³-hybridized carbons (Fsp3) is 0.136. The third kappa shape index (κ3) is 5.23. The summed E-state index contributed by atoms with van der Waals surface area (Å²) in [5.74, 6) is 0.747. The van der Waals surface area contributed by atoms with Gasteiger partial charge in [-0.2, -0.15) is 0 Å². The van der Waals surface area contributed by atoms with Crippen LogP contribution < -0.4 is 9.47 Å². The van der Waals surface area contributed by atoms with Crippen molar-refractivity contribution in [2.24, 2.45) is 0 Å². The molecule has 0 aromatic heterocycles. The number of rotatable bonds is 7. The minimum atomic E-state index is -0.430. The number of halogens is 1. The molecule has 0 aliphatic heterocycles. The molecule has 0 bridgehead atoms. The van der Waals surface area contributed by atoms with Crippen molar-refractivity contribution >= 4 is 28.6 Å². The van der Waals surface area contributed by atoms with Crippen LogP contribution >= 0.6 is 22.6 Å². The van der Waals surface area contributed by atoms with E-state index in [1.807, 2.05) is 60.7 Å². The molecule has 0 heterocycles. The van der Waals surface area contributed by atoms with Crippen molar-refractivity contribution in [1.29, 1.82) is 0 Å². The SMILES string of the molecule is COC(=O)c1cc(OCc2ccccc2)c(I)c(OCc2ccccc2)c1. The Kier molecular flexibility index (Phi) is 6.70. The lowest BCUT2D eigenvalue weighted by atomic mass is 10.2. The Hall–Kier alpha value is -2.54. The van der Waals surface area contributed by atoms with Crippen molar-refractivity contribution in [3.63, 3.8) is 0 Å². The fourth-order valence-electron chi connectivity index (χ4n) is 2.49. The van der Waals surface area contributed by atoms with Crippen LogP contribution in [-0.4, -0.2) is 13.1 Å². The summed E-state index contributed by atoms with van der Waals surface area (Å²) in [5, 5.41) is 0. The summed E-state index contributed by atoms with van der Waals surface area (Å²) < 4.78 is 17.6. The van der Waals surface area contributed by atoms with E-state index >= 15 is 0 Å². The van der Waals surface area contributed by atoms with Crippen LogP contribution in [0.2, 0.25) is 0 Å². The first kappa shape index (κ1) is 19.2. The summed E-state index contributed by atoms with van der Waals surface area (Å²) in [5.41, 5.74) is 2.48. The number of esters is 1. The van der Waals surface area contributed by atoms with Gasteiger partial charge in [-0.15, -0.1) is 0 Å². The van der Waals surface area contributed by atoms with Gasteiger partial charge in [-0.1, -0.05) is 60.7 Å². The van der Waals surface area contributed by atoms with Crippen LogP contribution in [0.1, 0.15) is 21.5 Å². The largest absolute Gasteiger partial charge is 0.488 e. The summed E-state index contributed by atoms with van der Waals surface area (Å²) in [6.45, 7) is 0.805. The number of methoxy groups -OCH3 is 1. The average molecular weight is 474 g/mol. The van der Waals surface area contributed by atoms with Crippen molar-refractivity contribution in [2.75, 3.05) is 7.11 Å². The van der Waals surface area contributed by atoms with Gasteiger partial charge in [-0.3, -0.25) is 0 Å². The van der Waals surface area contributed by atoms with Crippen LogP contribution in [0, 0.1) is 3.57 Å². The summed E-state index contributed by atoms with van der Waals surface area (Å²) in [6.07, 6.45) is 0. The molecule has 3 aromatic rings. The highest BCUT2D eigenvalue weighted by atomic mass is 127. The minimum Gasteiger partial charge on any atom is -0.488 e. The Balaban J connectivity index is 1.83. The molecule has 0 aliphatic rings. The van der Waals surface area contributed by atoms with E-state index < -0.39 is 5.97 Å². The summed E-state index contributed by atoms with van der Waals surface area (Å²) in [7, 11) is 1.36. The fourth-order valence-corrected chi connectivity index (χ4v) is 3.11. The monoisotopic (exact) mass is 474 g/mol. The zero-order valence-electron chi connectivity index (χ0n) is 14.9. The molecular formula is C22H19IO4. The van der Waals surface area contributed by atoms with E-state index in [-0.39, 0.29) is 0 Å². The first-order valence-corrected chi connectivity index (χ1v) is 9.50. The van der Waals surface area contributed by atoms with Gasteiger partial charge in [0.15, 0.2) is 0 Å². The molecule has 0 fully saturated rings. The third-order valence-electron chi connectivity index (χ3n) is 3.90. The Morgan fingerprint density at radius 1 is 0.815 bits per heavy atom. The van der Waals surface area contributed by atoms with Gasteiger partial charge in [0.1, 0.15) is 24.7 Å². The molecule has 4 nitrogen and oxygen atoms in total. The third-order valence-corrected chi connectivity index (χ3v) is 4.96. The minimum absolute atomic E-state index is 0.393. The predicted molar refractivity (Wildman–Crippen MR) is 112 cm³/mol. The zero-order valence-corrected chi connectivity index (χ0v) is 17.0. The molecule has 0 radical (unpaired) electrons. The predicted octanol–water partition coefficient (Wildman–Crippen LogP) is 5.24. The van der Waals surface area contributed by atoms with Gasteiger partial charge in [0.05, 0.1) is 16.2 Å². The Bertz CT molecular complexity index is 830. The van der Waals surface area contributed by atoms with Gasteiger partial charge < -0.3 is 14.2 Å². The Morgan fingerprint density at radius 2 is 1.26 bits per heavy atom. The summed E-state index contributed by atoms with van der Waals surface area (Å²) in [4.78, 5) is 12.0. The average Bonchev–Trinajstić information content (AvgIpc) is 2.73. The van der Waals surface area contributed by atoms with Crippen molar-refractivity contribution in [3.8, 4) is 11.5 Å². The number of carbonyl (C=O) groups is 1. The van der Waals surface area contributed by atoms with Crippen LogP contribution in [0.4, 0.5) is 0 Å². The van der Waals surface area contributed by atoms with Crippen LogP contribution in [-0.2, 0) is 18.0 Å². The first-order valence-electron chi connectivity index (χ1n) is 8.42. The molecule has 0 aliphatic carbocycles. The quantitative estimate of drug-likeness (QED) is 0.347. The number of hydrogen-bond donors (Lipinski definition) is 0. The van der Waals surface area contributed by atoms with Crippen molar-refractivity contribution < 1.29 is 19.0 Å². The lowest BCUT2D eigenvalue weighted by Crippen LogP contribution is -2.06. The van der Waals surface area contributed by atoms with E-state index in [0.29, 0.717) is 30.3 Å². The number of hydrogen-bond acceptors (Lipinski definition) is 4. The van der Waals surface area contributed by atoms with Gasteiger partial charge in [-0.25, -0.2) is 4.79 Å². The van der Waals surface area contributed by atoms with Crippen LogP contribution in [0.3, 0.4) is 0 Å². The molecule has 0 N–H and O–H groups in total. The topological polar surface area (TPSA) is 44.8 Å². The second-order valence-corrected chi connectivity index (χ2v) is 6.91. The molecule has 5 heteroatoms. The van der Waals surface area contributed by atoms with Crippen molar-refractivity contribution in [3.05, 3.63) is 93.1 Å². The van der Waals surface area contributed by atoms with Crippen molar-refractivity contribution in [1.82, 2.24) is 0 Å². The molecule has 0 amide bonds. The highest BCUT2D eigenvalue weighted by Crippen LogP contribution is 2.33. The maximum absolute atomic E-state index is 12.0. The first-order chi connectivity index (χ1) is 13.2. The number of ether oxygens (including phenoxy) is 3. The second-order valence-electron chi connectivity index (χ2n) is 5.83. The lowest BCUT2D eigenvalue weighted by Gasteiger charge is -2.15. The maximum atomic E-state index is 12.0. The van der Waals surface area contributed by atoms with Gasteiger partial charge in [0.25, 0.3) is 0 Å². The molecule has 0 spiro atoms. The molecule has 138 valence electrons. The van der Waals surface area contributed by atoms with Gasteiger partial charge >= 0.3 is 5.97 Å². The standard InChI is InChI=1S/C22H19IO4/c1-25-22(24)18-12-19(26-14-16-8-4-2-5-9-16)21(23)20(13-18)27-15-17-10-6-3-7-11-17/h2-13H,14-15H2,1H3. The molecule has 0 unspecified atom stereocenters. The van der Waals surface area contributed by atoms with Crippen LogP contribution in [0.5, 0.6) is 11.5 Å². The van der Waals surface area contributed by atoms with Crippen LogP contribution in [0.25, 0.3) is 0 Å². The maximum Gasteiger partial charge on any atom is 0.338 e. The van der Waals surface area contributed by atoms with E-state index in [4.69, 9.17) is 14.2 Å². The molecule has 27 heavy (non-hydrogen) atoms.